The van der Waals surface area contributed by atoms with Crippen molar-refractivity contribution in [3.8, 4) is 0 Å². The number of nitrogen functional groups attached to an aromatic ring is 1. The predicted octanol–water partition coefficient (Wildman–Crippen LogP) is 1.63. The van der Waals surface area contributed by atoms with Crippen molar-refractivity contribution < 1.29 is 8.78 Å². The van der Waals surface area contributed by atoms with Gasteiger partial charge in [0.2, 0.25) is 0 Å². The number of aromatic amines is 1. The number of halogens is 3. The van der Waals surface area contributed by atoms with Crippen LogP contribution < -0.4 is 11.2 Å². The molecule has 0 fully saturated rings. The second-order valence-electron chi connectivity index (χ2n) is 2.40. The lowest BCUT2D eigenvalue weighted by Crippen LogP contribution is -2.17. The van der Waals surface area contributed by atoms with Crippen LogP contribution in [0.5, 0.6) is 0 Å². The summed E-state index contributed by atoms with van der Waals surface area (Å²) in [5.74, 6) is -0.427. The molecule has 0 amide bonds. The highest BCUT2D eigenvalue weighted by atomic mass is 35.5. The third-order valence-corrected chi connectivity index (χ3v) is 1.88. The molecule has 3 N–H and O–H groups in total. The van der Waals surface area contributed by atoms with Gasteiger partial charge in [-0.3, -0.25) is 4.79 Å². The summed E-state index contributed by atoms with van der Waals surface area (Å²) in [5, 5.41) is 0. The Morgan fingerprint density at radius 1 is 1.62 bits per heavy atom. The fourth-order valence-electron chi connectivity index (χ4n) is 0.919. The number of anilines is 1. The molecule has 13 heavy (non-hydrogen) atoms. The van der Waals surface area contributed by atoms with E-state index >= 15 is 0 Å². The molecular weight excluding hydrogens is 202 g/mol. The van der Waals surface area contributed by atoms with Gasteiger partial charge < -0.3 is 10.7 Å². The molecule has 6 heteroatoms. The van der Waals surface area contributed by atoms with Gasteiger partial charge in [0.05, 0.1) is 5.88 Å². The zero-order valence-electron chi connectivity index (χ0n) is 6.48. The Hall–Kier alpha value is -1.10. The minimum Gasteiger partial charge on any atom is -0.385 e. The van der Waals surface area contributed by atoms with E-state index in [0.717, 1.165) is 0 Å². The van der Waals surface area contributed by atoms with Gasteiger partial charge in [0.1, 0.15) is 11.4 Å². The molecule has 0 saturated carbocycles. The van der Waals surface area contributed by atoms with Gasteiger partial charge in [-0.2, -0.15) is 0 Å². The van der Waals surface area contributed by atoms with Crippen molar-refractivity contribution in [2.24, 2.45) is 0 Å². The lowest BCUT2D eigenvalue weighted by atomic mass is 10.2. The number of aromatic nitrogens is 1. The molecule has 1 rings (SSSR count). The SMILES string of the molecule is Nc1[nH]cc(CCl)c(=O)c1C(F)F. The van der Waals surface area contributed by atoms with Crippen molar-refractivity contribution >= 4 is 17.4 Å². The number of alkyl halides is 3. The van der Waals surface area contributed by atoms with Crippen molar-refractivity contribution in [3.05, 3.63) is 27.5 Å². The first-order chi connectivity index (χ1) is 6.07. The van der Waals surface area contributed by atoms with Gasteiger partial charge in [0, 0.05) is 11.8 Å². The van der Waals surface area contributed by atoms with Crippen LogP contribution in [0.15, 0.2) is 11.0 Å². The lowest BCUT2D eigenvalue weighted by Gasteiger charge is -2.04. The maximum absolute atomic E-state index is 12.3. The molecule has 0 aliphatic carbocycles. The van der Waals surface area contributed by atoms with Crippen LogP contribution in [0.1, 0.15) is 17.6 Å². The van der Waals surface area contributed by atoms with Crippen LogP contribution in [0, 0.1) is 0 Å². The van der Waals surface area contributed by atoms with Crippen LogP contribution in [0.25, 0.3) is 0 Å². The van der Waals surface area contributed by atoms with Crippen molar-refractivity contribution in [3.63, 3.8) is 0 Å². The lowest BCUT2D eigenvalue weighted by molar-refractivity contribution is 0.150. The summed E-state index contributed by atoms with van der Waals surface area (Å²) in [6, 6.07) is 0. The molecule has 0 aliphatic rings. The highest BCUT2D eigenvalue weighted by molar-refractivity contribution is 6.17. The van der Waals surface area contributed by atoms with Gasteiger partial charge in [-0.25, -0.2) is 8.78 Å². The zero-order chi connectivity index (χ0) is 10.0. The summed E-state index contributed by atoms with van der Waals surface area (Å²) in [7, 11) is 0. The Bertz CT molecular complexity index is 364. The third-order valence-electron chi connectivity index (χ3n) is 1.59. The summed E-state index contributed by atoms with van der Waals surface area (Å²) in [4.78, 5) is 13.6. The normalized spacial score (nSPS) is 10.8. The van der Waals surface area contributed by atoms with E-state index in [1.54, 1.807) is 0 Å². The summed E-state index contributed by atoms with van der Waals surface area (Å²) in [6.07, 6.45) is -1.65. The first-order valence-corrected chi connectivity index (χ1v) is 3.95. The van der Waals surface area contributed by atoms with E-state index in [1.807, 2.05) is 0 Å². The van der Waals surface area contributed by atoms with Gasteiger partial charge in [0.25, 0.3) is 6.43 Å². The van der Waals surface area contributed by atoms with Gasteiger partial charge in [-0.1, -0.05) is 0 Å². The number of hydrogen-bond acceptors (Lipinski definition) is 2. The number of rotatable bonds is 2. The van der Waals surface area contributed by atoms with Crippen LogP contribution >= 0.6 is 11.6 Å². The second kappa shape index (κ2) is 3.74. The molecule has 0 spiro atoms. The summed E-state index contributed by atoms with van der Waals surface area (Å²) in [6.45, 7) is 0. The van der Waals surface area contributed by atoms with Crippen molar-refractivity contribution in [2.75, 3.05) is 5.73 Å². The Morgan fingerprint density at radius 2 is 2.23 bits per heavy atom. The molecule has 0 bridgehead atoms. The van der Waals surface area contributed by atoms with Gasteiger partial charge in [0.15, 0.2) is 5.43 Å². The Labute approximate surface area is 77.5 Å². The topological polar surface area (TPSA) is 58.9 Å². The minimum atomic E-state index is -2.88. The average molecular weight is 209 g/mol. The molecule has 0 atom stereocenters. The Kier molecular flexibility index (Phi) is 2.87. The first kappa shape index (κ1) is 9.98. The van der Waals surface area contributed by atoms with Crippen LogP contribution in [0.3, 0.4) is 0 Å². The fourth-order valence-corrected chi connectivity index (χ4v) is 1.12. The molecule has 1 aromatic rings. The maximum atomic E-state index is 12.3. The maximum Gasteiger partial charge on any atom is 0.271 e. The van der Waals surface area contributed by atoms with Crippen LogP contribution in [0.2, 0.25) is 0 Å². The number of nitrogens with one attached hydrogen (secondary N) is 1. The zero-order valence-corrected chi connectivity index (χ0v) is 7.24. The van der Waals surface area contributed by atoms with Gasteiger partial charge in [-0.05, 0) is 0 Å². The monoisotopic (exact) mass is 208 g/mol. The highest BCUT2D eigenvalue weighted by Crippen LogP contribution is 2.19. The fraction of sp³-hybridized carbons (Fsp3) is 0.286. The highest BCUT2D eigenvalue weighted by Gasteiger charge is 2.17. The van der Waals surface area contributed by atoms with Gasteiger partial charge >= 0.3 is 0 Å². The summed E-state index contributed by atoms with van der Waals surface area (Å²) < 4.78 is 24.5. The van der Waals surface area contributed by atoms with Crippen LogP contribution in [0.4, 0.5) is 14.6 Å². The van der Waals surface area contributed by atoms with E-state index in [0.29, 0.717) is 0 Å². The smallest absolute Gasteiger partial charge is 0.271 e. The molecule has 0 aromatic carbocycles. The molecule has 1 aromatic heterocycles. The molecule has 0 saturated heterocycles. The van der Waals surface area contributed by atoms with Crippen LogP contribution in [-0.2, 0) is 5.88 Å². The largest absolute Gasteiger partial charge is 0.385 e. The van der Waals surface area contributed by atoms with E-state index in [2.05, 4.69) is 4.98 Å². The molecule has 0 radical (unpaired) electrons. The molecule has 0 unspecified atom stereocenters. The average Bonchev–Trinajstić information content (AvgIpc) is 2.04. The van der Waals surface area contributed by atoms with E-state index < -0.39 is 17.4 Å². The third kappa shape index (κ3) is 1.80. The molecule has 0 aliphatic heterocycles. The summed E-state index contributed by atoms with van der Waals surface area (Å²) in [5.41, 5.74) is 3.76. The molecule has 1 heterocycles. The van der Waals surface area contributed by atoms with Gasteiger partial charge in [-0.15, -0.1) is 11.6 Å². The number of nitrogens with two attached hydrogens (primary N) is 1. The van der Waals surface area contributed by atoms with Crippen molar-refractivity contribution in [1.29, 1.82) is 0 Å². The molecule has 72 valence electrons. The number of hydrogen-bond donors (Lipinski definition) is 2. The Balaban J connectivity index is 3.39. The molecular formula is C7H7ClF2N2O. The predicted molar refractivity (Wildman–Crippen MR) is 46.0 cm³/mol. The minimum absolute atomic E-state index is 0.0890. The first-order valence-electron chi connectivity index (χ1n) is 3.42. The second-order valence-corrected chi connectivity index (χ2v) is 2.67. The van der Waals surface area contributed by atoms with Crippen molar-refractivity contribution in [2.45, 2.75) is 12.3 Å². The van der Waals surface area contributed by atoms with Crippen LogP contribution in [-0.4, -0.2) is 4.98 Å². The Morgan fingerprint density at radius 3 is 2.69 bits per heavy atom. The van der Waals surface area contributed by atoms with E-state index in [9.17, 15) is 13.6 Å². The quantitative estimate of drug-likeness (QED) is 0.726. The van der Waals surface area contributed by atoms with E-state index in [-0.39, 0.29) is 17.3 Å². The molecule has 3 nitrogen and oxygen atoms in total. The number of H-pyrrole nitrogens is 1. The standard InChI is InChI=1S/C7H7ClF2N2O/c8-1-3-2-12-7(11)4(5(3)13)6(9)10/h2,6H,1H2,(H3,11,12,13). The van der Waals surface area contributed by atoms with E-state index in [4.69, 9.17) is 17.3 Å². The van der Waals surface area contributed by atoms with E-state index in [1.165, 1.54) is 6.20 Å². The summed E-state index contributed by atoms with van der Waals surface area (Å²) >= 11 is 5.36. The number of pyridine rings is 1. The van der Waals surface area contributed by atoms with Crippen molar-refractivity contribution in [1.82, 2.24) is 4.98 Å².